The first-order valence-corrected chi connectivity index (χ1v) is 13.0. The van der Waals surface area contributed by atoms with Crippen LogP contribution in [0.4, 0.5) is 22.0 Å². The molecule has 12 heteroatoms. The molecule has 0 aromatic heterocycles. The second kappa shape index (κ2) is 13.4. The Morgan fingerprint density at radius 1 is 0.860 bits per heavy atom. The number of ether oxygens (including phenoxy) is 2. The van der Waals surface area contributed by atoms with Crippen LogP contribution in [0.15, 0.2) is 83.2 Å². The van der Waals surface area contributed by atoms with Gasteiger partial charge >= 0.3 is 5.97 Å². The van der Waals surface area contributed by atoms with Crippen molar-refractivity contribution in [3.63, 3.8) is 0 Å². The fourth-order valence-electron chi connectivity index (χ4n) is 5.19. The molecule has 3 aromatic rings. The molecule has 1 unspecified atom stereocenters. The molecular formula is C31H26ClF5N2O4. The van der Waals surface area contributed by atoms with E-state index in [1.807, 2.05) is 30.3 Å². The summed E-state index contributed by atoms with van der Waals surface area (Å²) in [6.45, 7) is 1.26. The lowest BCUT2D eigenvalue weighted by molar-refractivity contribution is -0.140. The molecule has 0 saturated carbocycles. The molecule has 6 nitrogen and oxygen atoms in total. The zero-order valence-corrected chi connectivity index (χ0v) is 23.6. The first kappa shape index (κ1) is 31.7. The Hall–Kier alpha value is -4.22. The van der Waals surface area contributed by atoms with Gasteiger partial charge in [-0.25, -0.2) is 26.7 Å². The van der Waals surface area contributed by atoms with E-state index in [2.05, 4.69) is 5.32 Å². The van der Waals surface area contributed by atoms with E-state index in [1.54, 1.807) is 35.2 Å². The molecule has 1 atom stereocenters. The summed E-state index contributed by atoms with van der Waals surface area (Å²) in [5, 5.41) is 2.95. The van der Waals surface area contributed by atoms with Crippen LogP contribution < -0.4 is 10.1 Å². The van der Waals surface area contributed by atoms with Crippen molar-refractivity contribution in [2.45, 2.75) is 19.4 Å². The van der Waals surface area contributed by atoms with Crippen LogP contribution in [0.1, 0.15) is 24.0 Å². The van der Waals surface area contributed by atoms with E-state index in [0.29, 0.717) is 12.3 Å². The van der Waals surface area contributed by atoms with Crippen molar-refractivity contribution in [2.24, 2.45) is 0 Å². The lowest BCUT2D eigenvalue weighted by Gasteiger charge is -2.38. The minimum absolute atomic E-state index is 0. The number of allylic oxidation sites excluding steroid dienone is 1. The molecule has 3 aromatic carbocycles. The molecule has 43 heavy (non-hydrogen) atoms. The number of benzene rings is 3. The number of carbonyl (C=O) groups excluding carboxylic acids is 2. The molecule has 2 aliphatic rings. The average Bonchev–Trinajstić information content (AvgIpc) is 2.98. The van der Waals surface area contributed by atoms with Crippen molar-refractivity contribution in [3.05, 3.63) is 123 Å². The van der Waals surface area contributed by atoms with E-state index < -0.39 is 57.9 Å². The van der Waals surface area contributed by atoms with E-state index in [9.17, 15) is 22.8 Å². The summed E-state index contributed by atoms with van der Waals surface area (Å²) in [7, 11) is 0. The second-order valence-electron chi connectivity index (χ2n) is 9.82. The van der Waals surface area contributed by atoms with E-state index in [4.69, 9.17) is 9.47 Å². The normalized spacial score (nSPS) is 16.8. The van der Waals surface area contributed by atoms with Gasteiger partial charge in [0.05, 0.1) is 18.0 Å². The third-order valence-corrected chi connectivity index (χ3v) is 7.02. The summed E-state index contributed by atoms with van der Waals surface area (Å²) in [5.74, 6) is -14.1. The Morgan fingerprint density at radius 3 is 2.07 bits per heavy atom. The average molecular weight is 621 g/mol. The topological polar surface area (TPSA) is 67.9 Å². The SMILES string of the molecule is CC1=C(C(=O)OCCOc2ccccc2)C(c2c(F)c(F)c(F)c(F)c2F)C2=C(CN(Cc3ccccc3)CC2=O)N1.Cl. The largest absolute Gasteiger partial charge is 0.490 e. The highest BCUT2D eigenvalue weighted by atomic mass is 35.5. The highest BCUT2D eigenvalue weighted by Gasteiger charge is 2.45. The van der Waals surface area contributed by atoms with Gasteiger partial charge in [-0.05, 0) is 24.6 Å². The first-order chi connectivity index (χ1) is 20.2. The predicted octanol–water partition coefficient (Wildman–Crippen LogP) is 5.73. The fourth-order valence-corrected chi connectivity index (χ4v) is 5.19. The highest BCUT2D eigenvalue weighted by Crippen LogP contribution is 2.44. The molecule has 5 rings (SSSR count). The summed E-state index contributed by atoms with van der Waals surface area (Å²) in [5.41, 5.74) is -0.862. The van der Waals surface area contributed by atoms with E-state index in [-0.39, 0.29) is 55.7 Å². The molecule has 2 aliphatic heterocycles. The van der Waals surface area contributed by atoms with Gasteiger partial charge in [0.25, 0.3) is 0 Å². The number of ketones is 1. The van der Waals surface area contributed by atoms with Crippen molar-refractivity contribution < 1.29 is 41.0 Å². The van der Waals surface area contributed by atoms with E-state index in [1.165, 1.54) is 6.92 Å². The van der Waals surface area contributed by atoms with Crippen LogP contribution in [0.5, 0.6) is 5.75 Å². The standard InChI is InChI=1S/C31H25F5N2O4.ClH/c1-17-22(31(40)42-13-12-41-19-10-6-3-7-11-19)24(25-26(32)28(34)30(36)29(35)27(25)33)23-20(37-17)15-38(16-21(23)39)14-18-8-4-2-5-9-18;/h2-11,24,37H,12-16H2,1H3;1H. The Balaban J connectivity index is 0.00000423. The first-order valence-electron chi connectivity index (χ1n) is 13.0. The summed E-state index contributed by atoms with van der Waals surface area (Å²) in [6, 6.07) is 17.9. The number of esters is 1. The summed E-state index contributed by atoms with van der Waals surface area (Å²) < 4.78 is 83.9. The lowest BCUT2D eigenvalue weighted by Crippen LogP contribution is -2.45. The molecule has 1 N–H and O–H groups in total. The minimum atomic E-state index is -2.34. The van der Waals surface area contributed by atoms with Crippen molar-refractivity contribution >= 4 is 24.2 Å². The summed E-state index contributed by atoms with van der Waals surface area (Å²) >= 11 is 0. The van der Waals surface area contributed by atoms with Crippen molar-refractivity contribution in [2.75, 3.05) is 26.3 Å². The lowest BCUT2D eigenvalue weighted by atomic mass is 9.76. The Bertz CT molecular complexity index is 1570. The second-order valence-corrected chi connectivity index (χ2v) is 9.82. The number of Topliss-reactive ketones (excluding diaryl/α,β-unsaturated/α-hetero) is 1. The maximum Gasteiger partial charge on any atom is 0.336 e. The molecule has 0 saturated heterocycles. The number of nitrogens with zero attached hydrogens (tertiary/aromatic N) is 1. The third-order valence-electron chi connectivity index (χ3n) is 7.02. The molecule has 0 radical (unpaired) electrons. The summed E-state index contributed by atoms with van der Waals surface area (Å²) in [4.78, 5) is 28.6. The maximum absolute atomic E-state index is 15.2. The van der Waals surface area contributed by atoms with Gasteiger partial charge in [-0.1, -0.05) is 48.5 Å². The number of halogens is 6. The molecule has 0 spiro atoms. The smallest absolute Gasteiger partial charge is 0.336 e. The number of carbonyl (C=O) groups is 2. The summed E-state index contributed by atoms with van der Waals surface area (Å²) in [6.07, 6.45) is 0. The number of para-hydroxylation sites is 1. The van der Waals surface area contributed by atoms with Gasteiger partial charge in [0, 0.05) is 35.6 Å². The van der Waals surface area contributed by atoms with Crippen LogP contribution in [-0.4, -0.2) is 43.0 Å². The fraction of sp³-hybridized carbons (Fsp3) is 0.226. The molecule has 226 valence electrons. The van der Waals surface area contributed by atoms with Crippen LogP contribution in [0.25, 0.3) is 0 Å². The van der Waals surface area contributed by atoms with Crippen molar-refractivity contribution in [1.82, 2.24) is 10.2 Å². The van der Waals surface area contributed by atoms with Crippen molar-refractivity contribution in [3.8, 4) is 5.75 Å². The van der Waals surface area contributed by atoms with Gasteiger partial charge in [-0.3, -0.25) is 9.69 Å². The number of nitrogens with one attached hydrogen (secondary N) is 1. The van der Waals surface area contributed by atoms with E-state index >= 15 is 8.78 Å². The van der Waals surface area contributed by atoms with Gasteiger partial charge in [0.2, 0.25) is 5.82 Å². The van der Waals surface area contributed by atoms with Gasteiger partial charge in [-0.15, -0.1) is 12.4 Å². The quantitative estimate of drug-likeness (QED) is 0.114. The molecular weight excluding hydrogens is 595 g/mol. The number of dihydropyridines is 1. The van der Waals surface area contributed by atoms with Crippen LogP contribution in [0, 0.1) is 29.1 Å². The van der Waals surface area contributed by atoms with E-state index in [0.717, 1.165) is 5.56 Å². The molecule has 0 fully saturated rings. The van der Waals surface area contributed by atoms with Gasteiger partial charge in [0.15, 0.2) is 29.1 Å². The molecule has 0 aliphatic carbocycles. The van der Waals surface area contributed by atoms with Crippen LogP contribution >= 0.6 is 12.4 Å². The molecule has 0 bridgehead atoms. The predicted molar refractivity (Wildman–Crippen MR) is 149 cm³/mol. The monoisotopic (exact) mass is 620 g/mol. The molecule has 2 heterocycles. The Labute approximate surface area is 250 Å². The zero-order valence-electron chi connectivity index (χ0n) is 22.8. The van der Waals surface area contributed by atoms with Gasteiger partial charge in [0.1, 0.15) is 19.0 Å². The third kappa shape index (κ3) is 6.42. The van der Waals surface area contributed by atoms with Crippen LogP contribution in [-0.2, 0) is 20.9 Å². The van der Waals surface area contributed by atoms with Crippen molar-refractivity contribution in [1.29, 1.82) is 0 Å². The maximum atomic E-state index is 15.2. The van der Waals surface area contributed by atoms with Gasteiger partial charge in [-0.2, -0.15) is 0 Å². The van der Waals surface area contributed by atoms with Crippen LogP contribution in [0.3, 0.4) is 0 Å². The number of rotatable bonds is 8. The van der Waals surface area contributed by atoms with Crippen LogP contribution in [0.2, 0.25) is 0 Å². The molecule has 0 amide bonds. The number of hydrogen-bond donors (Lipinski definition) is 1. The number of hydrogen-bond acceptors (Lipinski definition) is 6. The zero-order chi connectivity index (χ0) is 30.0. The Kier molecular flexibility index (Phi) is 9.87. The Morgan fingerprint density at radius 2 is 1.44 bits per heavy atom. The highest BCUT2D eigenvalue weighted by molar-refractivity contribution is 6.04. The van der Waals surface area contributed by atoms with Gasteiger partial charge < -0.3 is 14.8 Å². The minimum Gasteiger partial charge on any atom is -0.490 e.